The Labute approximate surface area is 208 Å². The first-order valence-corrected chi connectivity index (χ1v) is 11.5. The van der Waals surface area contributed by atoms with Gasteiger partial charge >= 0.3 is 12.3 Å². The van der Waals surface area contributed by atoms with E-state index in [0.29, 0.717) is 13.2 Å². The maximum atomic E-state index is 13.6. The fourth-order valence-corrected chi connectivity index (χ4v) is 3.48. The van der Waals surface area contributed by atoms with E-state index in [4.69, 9.17) is 20.3 Å². The standard InChI is InChI=1S/C23H35F3N4O6/c1-6-35-19(36-7-2)13-29(14(3)4)20(31)15(5)30(21(32)18(12-27)28-22(33)34)17-10-8-16(9-11-17)23(24,25)26/h8-11,14-15,18-19,28H,6-7,12-13,27H2,1-5H3,(H,33,34). The van der Waals surface area contributed by atoms with Gasteiger partial charge in [-0.25, -0.2) is 4.79 Å². The van der Waals surface area contributed by atoms with Gasteiger partial charge in [0.25, 0.3) is 5.91 Å². The number of anilines is 1. The number of carboxylic acid groups (broad SMARTS) is 1. The van der Waals surface area contributed by atoms with Gasteiger partial charge in [-0.2, -0.15) is 13.2 Å². The molecule has 1 aromatic rings. The van der Waals surface area contributed by atoms with Crippen LogP contribution in [-0.2, 0) is 25.2 Å². The van der Waals surface area contributed by atoms with E-state index < -0.39 is 54.6 Å². The molecule has 2 unspecified atom stereocenters. The van der Waals surface area contributed by atoms with Crippen molar-refractivity contribution in [3.8, 4) is 0 Å². The zero-order chi connectivity index (χ0) is 27.6. The molecular formula is C23H35F3N4O6. The molecule has 0 fully saturated rings. The lowest BCUT2D eigenvalue weighted by Gasteiger charge is -2.37. The van der Waals surface area contributed by atoms with Crippen LogP contribution in [0.2, 0.25) is 0 Å². The number of benzene rings is 1. The monoisotopic (exact) mass is 520 g/mol. The van der Waals surface area contributed by atoms with Crippen molar-refractivity contribution in [1.82, 2.24) is 10.2 Å². The number of amides is 3. The van der Waals surface area contributed by atoms with Crippen LogP contribution in [0.3, 0.4) is 0 Å². The van der Waals surface area contributed by atoms with Gasteiger partial charge in [-0.15, -0.1) is 0 Å². The minimum absolute atomic E-state index is 0.0330. The van der Waals surface area contributed by atoms with E-state index >= 15 is 0 Å². The van der Waals surface area contributed by atoms with Crippen LogP contribution in [0, 0.1) is 0 Å². The molecule has 2 atom stereocenters. The Morgan fingerprint density at radius 3 is 1.94 bits per heavy atom. The maximum Gasteiger partial charge on any atom is 0.416 e. The molecule has 36 heavy (non-hydrogen) atoms. The summed E-state index contributed by atoms with van der Waals surface area (Å²) in [4.78, 5) is 40.5. The van der Waals surface area contributed by atoms with Gasteiger partial charge in [0, 0.05) is 31.5 Å². The summed E-state index contributed by atoms with van der Waals surface area (Å²) in [5.74, 6) is -1.44. The Kier molecular flexibility index (Phi) is 12.1. The lowest BCUT2D eigenvalue weighted by atomic mass is 10.1. The summed E-state index contributed by atoms with van der Waals surface area (Å²) in [5, 5.41) is 11.1. The van der Waals surface area contributed by atoms with E-state index in [-0.39, 0.29) is 18.3 Å². The molecule has 204 valence electrons. The molecule has 4 N–H and O–H groups in total. The van der Waals surface area contributed by atoms with Crippen LogP contribution in [0.15, 0.2) is 24.3 Å². The molecule has 0 bridgehead atoms. The molecule has 0 aliphatic heterocycles. The van der Waals surface area contributed by atoms with Crippen molar-refractivity contribution in [3.63, 3.8) is 0 Å². The van der Waals surface area contributed by atoms with Crippen molar-refractivity contribution in [1.29, 1.82) is 0 Å². The van der Waals surface area contributed by atoms with E-state index in [2.05, 4.69) is 0 Å². The molecule has 1 rings (SSSR count). The highest BCUT2D eigenvalue weighted by atomic mass is 19.4. The predicted molar refractivity (Wildman–Crippen MR) is 126 cm³/mol. The topological polar surface area (TPSA) is 134 Å². The summed E-state index contributed by atoms with van der Waals surface area (Å²) in [6, 6.07) is 0.612. The van der Waals surface area contributed by atoms with Crippen LogP contribution in [0.1, 0.15) is 40.2 Å². The van der Waals surface area contributed by atoms with Crippen molar-refractivity contribution < 1.29 is 42.1 Å². The largest absolute Gasteiger partial charge is 0.465 e. The number of carbonyl (C=O) groups excluding carboxylic acids is 2. The summed E-state index contributed by atoms with van der Waals surface area (Å²) in [6.45, 7) is 8.69. The average molecular weight is 521 g/mol. The van der Waals surface area contributed by atoms with E-state index in [1.54, 1.807) is 27.7 Å². The molecule has 0 heterocycles. The Hall–Kier alpha value is -2.90. The summed E-state index contributed by atoms with van der Waals surface area (Å²) in [5.41, 5.74) is 4.60. The third kappa shape index (κ3) is 8.64. The van der Waals surface area contributed by atoms with Gasteiger partial charge < -0.3 is 30.5 Å². The lowest BCUT2D eigenvalue weighted by molar-refractivity contribution is -0.162. The third-order valence-electron chi connectivity index (χ3n) is 5.24. The van der Waals surface area contributed by atoms with E-state index in [1.807, 2.05) is 5.32 Å². The molecule has 13 heteroatoms. The van der Waals surface area contributed by atoms with Gasteiger partial charge in [0.2, 0.25) is 5.91 Å². The second kappa shape index (κ2) is 14.0. The Morgan fingerprint density at radius 1 is 1.03 bits per heavy atom. The minimum atomic E-state index is -4.61. The van der Waals surface area contributed by atoms with Crippen molar-refractivity contribution >= 4 is 23.6 Å². The minimum Gasteiger partial charge on any atom is -0.465 e. The molecule has 0 aliphatic carbocycles. The number of alkyl halides is 3. The molecule has 0 aromatic heterocycles. The van der Waals surface area contributed by atoms with Crippen LogP contribution < -0.4 is 16.0 Å². The normalized spacial score (nSPS) is 13.4. The lowest BCUT2D eigenvalue weighted by Crippen LogP contribution is -2.59. The second-order valence-corrected chi connectivity index (χ2v) is 8.09. The molecule has 0 saturated carbocycles. The Bertz CT molecular complexity index is 860. The number of ether oxygens (including phenoxy) is 2. The number of carbonyl (C=O) groups is 3. The first kappa shape index (κ1) is 31.1. The first-order chi connectivity index (χ1) is 16.8. The molecule has 0 aliphatic rings. The zero-order valence-corrected chi connectivity index (χ0v) is 21.0. The Balaban J connectivity index is 3.45. The molecule has 0 spiro atoms. The molecular weight excluding hydrogens is 485 g/mol. The van der Waals surface area contributed by atoms with Crippen LogP contribution in [-0.4, -0.2) is 78.6 Å². The molecule has 3 amide bonds. The SMILES string of the molecule is CCOC(CN(C(=O)C(C)N(C(=O)C(CN)NC(=O)O)c1ccc(C(F)(F)F)cc1)C(C)C)OCC. The highest BCUT2D eigenvalue weighted by Gasteiger charge is 2.37. The second-order valence-electron chi connectivity index (χ2n) is 8.09. The zero-order valence-electron chi connectivity index (χ0n) is 21.0. The summed E-state index contributed by atoms with van der Waals surface area (Å²) in [6.07, 6.45) is -6.87. The number of nitrogens with one attached hydrogen (secondary N) is 1. The van der Waals surface area contributed by atoms with Crippen molar-refractivity contribution in [2.75, 3.05) is 31.2 Å². The first-order valence-electron chi connectivity index (χ1n) is 11.5. The van der Waals surface area contributed by atoms with Gasteiger partial charge in [-0.1, -0.05) is 0 Å². The van der Waals surface area contributed by atoms with Crippen molar-refractivity contribution in [2.45, 2.75) is 65.2 Å². The van der Waals surface area contributed by atoms with Crippen LogP contribution in [0.4, 0.5) is 23.7 Å². The van der Waals surface area contributed by atoms with Gasteiger partial charge in [0.15, 0.2) is 6.29 Å². The Morgan fingerprint density at radius 2 is 1.56 bits per heavy atom. The maximum absolute atomic E-state index is 13.6. The van der Waals surface area contributed by atoms with Crippen LogP contribution in [0.5, 0.6) is 0 Å². The molecule has 1 aromatic carbocycles. The number of hydrogen-bond acceptors (Lipinski definition) is 6. The average Bonchev–Trinajstić information content (AvgIpc) is 2.80. The highest BCUT2D eigenvalue weighted by Crippen LogP contribution is 2.31. The van der Waals surface area contributed by atoms with Gasteiger partial charge in [0.05, 0.1) is 12.1 Å². The number of nitrogens with zero attached hydrogens (tertiary/aromatic N) is 2. The summed E-state index contributed by atoms with van der Waals surface area (Å²) in [7, 11) is 0. The summed E-state index contributed by atoms with van der Waals surface area (Å²) >= 11 is 0. The smallest absolute Gasteiger partial charge is 0.416 e. The number of halogens is 3. The third-order valence-corrected chi connectivity index (χ3v) is 5.24. The van der Waals surface area contributed by atoms with Crippen LogP contribution >= 0.6 is 0 Å². The fourth-order valence-electron chi connectivity index (χ4n) is 3.48. The van der Waals surface area contributed by atoms with E-state index in [0.717, 1.165) is 29.2 Å². The molecule has 0 saturated heterocycles. The number of hydrogen-bond donors (Lipinski definition) is 3. The molecule has 0 radical (unpaired) electrons. The van der Waals surface area contributed by atoms with Crippen molar-refractivity contribution in [2.24, 2.45) is 5.73 Å². The number of rotatable bonds is 13. The van der Waals surface area contributed by atoms with Crippen LogP contribution in [0.25, 0.3) is 0 Å². The van der Waals surface area contributed by atoms with E-state index in [9.17, 15) is 27.6 Å². The molecule has 10 nitrogen and oxygen atoms in total. The van der Waals surface area contributed by atoms with Gasteiger partial charge in [-0.05, 0) is 58.9 Å². The quantitative estimate of drug-likeness (QED) is 0.341. The van der Waals surface area contributed by atoms with Gasteiger partial charge in [-0.3, -0.25) is 14.5 Å². The fraction of sp³-hybridized carbons (Fsp3) is 0.609. The van der Waals surface area contributed by atoms with Crippen molar-refractivity contribution in [3.05, 3.63) is 29.8 Å². The number of nitrogens with two attached hydrogens (primary N) is 1. The predicted octanol–water partition coefficient (Wildman–Crippen LogP) is 2.66. The van der Waals surface area contributed by atoms with E-state index in [1.165, 1.54) is 11.8 Å². The van der Waals surface area contributed by atoms with Gasteiger partial charge in [0.1, 0.15) is 12.1 Å². The highest BCUT2D eigenvalue weighted by molar-refractivity contribution is 6.04. The summed E-state index contributed by atoms with van der Waals surface area (Å²) < 4.78 is 50.3.